The van der Waals surface area contributed by atoms with E-state index in [0.29, 0.717) is 23.2 Å². The molecule has 2 fully saturated rings. The lowest BCUT2D eigenvalue weighted by Crippen LogP contribution is -2.55. The van der Waals surface area contributed by atoms with Gasteiger partial charge in [0, 0.05) is 6.54 Å². The van der Waals surface area contributed by atoms with Crippen LogP contribution in [0.4, 0.5) is 0 Å². The minimum absolute atomic E-state index is 0.140. The molecule has 1 aromatic heterocycles. The molecule has 10 heteroatoms. The van der Waals surface area contributed by atoms with E-state index >= 15 is 0 Å². The Morgan fingerprint density at radius 3 is 2.67 bits per heavy atom. The smallest absolute Gasteiger partial charge is 0.233 e. The van der Waals surface area contributed by atoms with E-state index in [-0.39, 0.29) is 29.7 Å². The molecule has 1 aromatic rings. The van der Waals surface area contributed by atoms with Crippen molar-refractivity contribution < 1.29 is 14.3 Å². The van der Waals surface area contributed by atoms with Crippen molar-refractivity contribution in [1.29, 1.82) is 0 Å². The maximum absolute atomic E-state index is 12.6. The van der Waals surface area contributed by atoms with E-state index in [0.717, 1.165) is 23.6 Å². The number of carbonyl (C=O) groups excluding carboxylic acids is 2. The number of thioether (sulfide) groups is 2. The second kappa shape index (κ2) is 8.50. The molecule has 2 N–H and O–H groups in total. The summed E-state index contributed by atoms with van der Waals surface area (Å²) in [6.07, 6.45) is 4.65. The molecule has 0 aromatic carbocycles. The predicted molar refractivity (Wildman–Crippen MR) is 94.3 cm³/mol. The fraction of sp³-hybridized carbons (Fsp3) is 0.714. The minimum atomic E-state index is -0.381. The Labute approximate surface area is 153 Å². The summed E-state index contributed by atoms with van der Waals surface area (Å²) in [6, 6.07) is 0.233. The zero-order valence-electron chi connectivity index (χ0n) is 13.2. The number of hydrogen-bond donors (Lipinski definition) is 1. The molecule has 1 saturated carbocycles. The molecule has 0 spiro atoms. The molecule has 7 nitrogen and oxygen atoms in total. The van der Waals surface area contributed by atoms with Crippen LogP contribution in [0.25, 0.3) is 0 Å². The summed E-state index contributed by atoms with van der Waals surface area (Å²) in [7, 11) is 0. The van der Waals surface area contributed by atoms with Crippen LogP contribution in [0.15, 0.2) is 8.68 Å². The summed E-state index contributed by atoms with van der Waals surface area (Å²) in [6.45, 7) is 1.31. The Bertz CT molecular complexity index is 596. The van der Waals surface area contributed by atoms with Gasteiger partial charge in [-0.3, -0.25) is 9.59 Å². The largest absolute Gasteiger partial charge is 0.374 e. The molecule has 0 bridgehead atoms. The second-order valence-corrected chi connectivity index (χ2v) is 9.15. The molecular weight excluding hydrogens is 368 g/mol. The first-order valence-corrected chi connectivity index (χ1v) is 10.7. The summed E-state index contributed by atoms with van der Waals surface area (Å²) < 4.78 is 7.25. The highest BCUT2D eigenvalue weighted by molar-refractivity contribution is 8.03. The normalized spacial score (nSPS) is 23.8. The van der Waals surface area contributed by atoms with Crippen LogP contribution in [-0.4, -0.2) is 63.7 Å². The molecule has 3 rings (SSSR count). The predicted octanol–water partition coefficient (Wildman–Crippen LogP) is 1.38. The molecule has 2 atom stereocenters. The summed E-state index contributed by atoms with van der Waals surface area (Å²) in [5.74, 6) is 0.309. The SMILES string of the molecule is NC(=O)CSc1nnc(SCC(=O)N2CCOC3CCCCC32)s1. The molecule has 1 aliphatic heterocycles. The fourth-order valence-corrected chi connectivity index (χ4v) is 5.70. The van der Waals surface area contributed by atoms with Gasteiger partial charge in [0.2, 0.25) is 11.8 Å². The maximum atomic E-state index is 12.6. The van der Waals surface area contributed by atoms with E-state index in [4.69, 9.17) is 10.5 Å². The van der Waals surface area contributed by atoms with Crippen LogP contribution in [0.2, 0.25) is 0 Å². The number of nitrogens with zero attached hydrogens (tertiary/aromatic N) is 3. The first-order valence-electron chi connectivity index (χ1n) is 7.92. The number of hydrogen-bond acceptors (Lipinski definition) is 8. The Morgan fingerprint density at radius 1 is 1.21 bits per heavy atom. The van der Waals surface area contributed by atoms with E-state index in [2.05, 4.69) is 10.2 Å². The summed E-state index contributed by atoms with van der Waals surface area (Å²) >= 11 is 4.06. The molecule has 132 valence electrons. The van der Waals surface area contributed by atoms with Gasteiger partial charge in [0.15, 0.2) is 8.68 Å². The fourth-order valence-electron chi connectivity index (χ4n) is 3.06. The number of morpholine rings is 1. The lowest BCUT2D eigenvalue weighted by atomic mass is 9.90. The van der Waals surface area contributed by atoms with E-state index in [1.54, 1.807) is 0 Å². The third-order valence-electron chi connectivity index (χ3n) is 4.10. The van der Waals surface area contributed by atoms with E-state index in [9.17, 15) is 9.59 Å². The third kappa shape index (κ3) is 4.62. The molecule has 2 heterocycles. The van der Waals surface area contributed by atoms with Gasteiger partial charge in [0.1, 0.15) is 0 Å². The average Bonchev–Trinajstić information content (AvgIpc) is 3.05. The molecule has 24 heavy (non-hydrogen) atoms. The number of amides is 2. The standard InChI is InChI=1S/C14H20N4O3S3/c15-11(19)7-22-13-16-17-14(24-13)23-8-12(20)18-5-6-21-10-4-2-1-3-9(10)18/h9-10H,1-8H2,(H2,15,19). The van der Waals surface area contributed by atoms with Gasteiger partial charge in [-0.25, -0.2) is 0 Å². The van der Waals surface area contributed by atoms with Gasteiger partial charge in [-0.2, -0.15) is 0 Å². The highest BCUT2D eigenvalue weighted by Crippen LogP contribution is 2.31. The number of fused-ring (bicyclic) bond motifs is 1. The quantitative estimate of drug-likeness (QED) is 0.735. The maximum Gasteiger partial charge on any atom is 0.233 e. The van der Waals surface area contributed by atoms with Crippen LogP contribution >= 0.6 is 34.9 Å². The Balaban J connectivity index is 1.50. The Morgan fingerprint density at radius 2 is 1.92 bits per heavy atom. The average molecular weight is 389 g/mol. The number of rotatable bonds is 6. The van der Waals surface area contributed by atoms with Crippen molar-refractivity contribution in [2.24, 2.45) is 5.73 Å². The van der Waals surface area contributed by atoms with Crippen LogP contribution < -0.4 is 5.73 Å². The van der Waals surface area contributed by atoms with E-state index in [1.165, 1.54) is 41.3 Å². The molecular formula is C14H20N4O3S3. The molecule has 2 amide bonds. The Kier molecular flexibility index (Phi) is 6.37. The number of primary amides is 1. The van der Waals surface area contributed by atoms with Gasteiger partial charge in [-0.05, 0) is 12.8 Å². The van der Waals surface area contributed by atoms with Crippen LogP contribution in [0, 0.1) is 0 Å². The van der Waals surface area contributed by atoms with E-state index < -0.39 is 0 Å². The number of carbonyl (C=O) groups is 2. The van der Waals surface area contributed by atoms with Crippen molar-refractivity contribution >= 4 is 46.7 Å². The Hall–Kier alpha value is -0.840. The molecule has 1 saturated heterocycles. The summed E-state index contributed by atoms with van der Waals surface area (Å²) in [4.78, 5) is 25.4. The molecule has 1 aliphatic carbocycles. The van der Waals surface area contributed by atoms with Crippen LogP contribution in [-0.2, 0) is 14.3 Å². The lowest BCUT2D eigenvalue weighted by Gasteiger charge is -2.43. The second-order valence-electron chi connectivity index (χ2n) is 5.73. The highest BCUT2D eigenvalue weighted by atomic mass is 32.2. The van der Waals surface area contributed by atoms with Crippen LogP contribution in [0.5, 0.6) is 0 Å². The van der Waals surface area contributed by atoms with Crippen LogP contribution in [0.1, 0.15) is 25.7 Å². The van der Waals surface area contributed by atoms with Crippen molar-refractivity contribution in [2.45, 2.75) is 46.5 Å². The van der Waals surface area contributed by atoms with Gasteiger partial charge in [-0.1, -0.05) is 47.7 Å². The zero-order chi connectivity index (χ0) is 16.9. The molecule has 2 unspecified atom stereocenters. The summed E-state index contributed by atoms with van der Waals surface area (Å²) in [5, 5.41) is 8.06. The van der Waals surface area contributed by atoms with Gasteiger partial charge in [0.05, 0.1) is 30.3 Å². The van der Waals surface area contributed by atoms with Crippen molar-refractivity contribution in [3.05, 3.63) is 0 Å². The van der Waals surface area contributed by atoms with Crippen molar-refractivity contribution in [1.82, 2.24) is 15.1 Å². The van der Waals surface area contributed by atoms with Gasteiger partial charge in [-0.15, -0.1) is 10.2 Å². The van der Waals surface area contributed by atoms with Crippen molar-refractivity contribution in [3.8, 4) is 0 Å². The molecule has 2 aliphatic rings. The first kappa shape index (κ1) is 18.0. The summed E-state index contributed by atoms with van der Waals surface area (Å²) in [5.41, 5.74) is 5.11. The minimum Gasteiger partial charge on any atom is -0.374 e. The topological polar surface area (TPSA) is 98.4 Å². The van der Waals surface area contributed by atoms with Crippen molar-refractivity contribution in [3.63, 3.8) is 0 Å². The number of ether oxygens (including phenoxy) is 1. The first-order chi connectivity index (χ1) is 11.6. The lowest BCUT2D eigenvalue weighted by molar-refractivity contribution is -0.146. The van der Waals surface area contributed by atoms with Crippen molar-refractivity contribution in [2.75, 3.05) is 24.7 Å². The third-order valence-corrected chi connectivity index (χ3v) is 7.29. The number of nitrogens with two attached hydrogens (primary N) is 1. The highest BCUT2D eigenvalue weighted by Gasteiger charge is 2.36. The molecule has 0 radical (unpaired) electrons. The van der Waals surface area contributed by atoms with E-state index in [1.807, 2.05) is 4.90 Å². The van der Waals surface area contributed by atoms with Crippen LogP contribution in [0.3, 0.4) is 0 Å². The monoisotopic (exact) mass is 388 g/mol. The zero-order valence-corrected chi connectivity index (χ0v) is 15.6. The van der Waals surface area contributed by atoms with Gasteiger partial charge in [0.25, 0.3) is 0 Å². The van der Waals surface area contributed by atoms with Gasteiger partial charge < -0.3 is 15.4 Å². The number of aromatic nitrogens is 2. The van der Waals surface area contributed by atoms with Gasteiger partial charge >= 0.3 is 0 Å².